The van der Waals surface area contributed by atoms with Gasteiger partial charge in [0.15, 0.2) is 0 Å². The maximum atomic E-state index is 2.42. The highest BCUT2D eigenvalue weighted by Crippen LogP contribution is 2.36. The monoisotopic (exact) mass is 690 g/mol. The van der Waals surface area contributed by atoms with Crippen molar-refractivity contribution in [3.05, 3.63) is 204 Å². The van der Waals surface area contributed by atoms with E-state index in [-0.39, 0.29) is 0 Å². The lowest BCUT2D eigenvalue weighted by Gasteiger charge is -2.16. The van der Waals surface area contributed by atoms with Crippen molar-refractivity contribution in [2.75, 3.05) is 0 Å². The molecule has 0 saturated carbocycles. The fourth-order valence-electron chi connectivity index (χ4n) is 8.31. The quantitative estimate of drug-likeness (QED) is 0.154. The Morgan fingerprint density at radius 1 is 0.352 bits per heavy atom. The highest BCUT2D eigenvalue weighted by molar-refractivity contribution is 6.10. The number of fused-ring (bicyclic) bond motifs is 6. The molecule has 2 aromatic heterocycles. The number of benzene rings is 8. The molecule has 0 N–H and O–H groups in total. The molecule has 0 aliphatic heterocycles. The fourth-order valence-corrected chi connectivity index (χ4v) is 8.31. The summed E-state index contributed by atoms with van der Waals surface area (Å²) in [6.07, 6.45) is 4.40. The number of hydrogen-bond acceptors (Lipinski definition) is 0. The summed E-state index contributed by atoms with van der Waals surface area (Å²) < 4.78 is 4.79. The Balaban J connectivity index is 0.892. The minimum Gasteiger partial charge on any atom is -0.309 e. The van der Waals surface area contributed by atoms with E-state index < -0.39 is 0 Å². The summed E-state index contributed by atoms with van der Waals surface area (Å²) in [5, 5.41) is 5.13. The van der Waals surface area contributed by atoms with Crippen molar-refractivity contribution in [3.8, 4) is 33.6 Å². The molecule has 0 amide bonds. The van der Waals surface area contributed by atoms with E-state index in [1.807, 2.05) is 0 Å². The van der Waals surface area contributed by atoms with Crippen LogP contribution in [0.15, 0.2) is 182 Å². The van der Waals surface area contributed by atoms with Gasteiger partial charge in [-0.3, -0.25) is 0 Å². The maximum absolute atomic E-state index is 2.42. The SMILES string of the molecule is Cc1cc(-n2c3ccccc3c3ccccc32)c(C)cc1-c1ccc(C=Cc2ccc(-c3cccc(-n4c5ccccc5c5ccccc54)c3)cc2)cc1. The van der Waals surface area contributed by atoms with Gasteiger partial charge < -0.3 is 9.13 Å². The van der Waals surface area contributed by atoms with Crippen molar-refractivity contribution in [3.63, 3.8) is 0 Å². The molecule has 2 heteroatoms. The average Bonchev–Trinajstić information content (AvgIpc) is 3.74. The fraction of sp³-hybridized carbons (Fsp3) is 0.0385. The lowest BCUT2D eigenvalue weighted by molar-refractivity contribution is 1.14. The standard InChI is InChI=1S/C52H38N2/c1-35-33-52(54-50-20-9-5-16-45(50)46-17-6-10-21-51(46)54)36(2)32-47(35)40-30-26-38(27-31-40)23-22-37-24-28-39(29-25-37)41-12-11-13-42(34-41)53-48-18-7-3-14-43(48)44-15-4-8-19-49(44)53/h3-34H,1-2H3. The first-order valence-corrected chi connectivity index (χ1v) is 18.7. The zero-order valence-corrected chi connectivity index (χ0v) is 30.4. The molecule has 2 heterocycles. The minimum atomic E-state index is 1.17. The molecule has 0 aliphatic rings. The van der Waals surface area contributed by atoms with E-state index in [9.17, 15) is 0 Å². The van der Waals surface area contributed by atoms with Crippen LogP contribution in [0.25, 0.3) is 89.4 Å². The van der Waals surface area contributed by atoms with Gasteiger partial charge in [-0.2, -0.15) is 0 Å². The molecular weight excluding hydrogens is 653 g/mol. The summed E-state index contributed by atoms with van der Waals surface area (Å²) in [7, 11) is 0. The number of rotatable bonds is 6. The van der Waals surface area contributed by atoms with Crippen molar-refractivity contribution >= 4 is 55.8 Å². The minimum absolute atomic E-state index is 1.17. The summed E-state index contributed by atoms with van der Waals surface area (Å²) in [5.41, 5.74) is 17.1. The van der Waals surface area contributed by atoms with Crippen LogP contribution in [0.1, 0.15) is 22.3 Å². The van der Waals surface area contributed by atoms with Crippen LogP contribution in [0.5, 0.6) is 0 Å². The third-order valence-electron chi connectivity index (χ3n) is 11.0. The molecule has 0 aliphatic carbocycles. The number of aryl methyl sites for hydroxylation is 2. The van der Waals surface area contributed by atoms with Crippen LogP contribution < -0.4 is 0 Å². The van der Waals surface area contributed by atoms with Gasteiger partial charge in [0.25, 0.3) is 0 Å². The molecule has 10 aromatic rings. The molecule has 8 aromatic carbocycles. The summed E-state index contributed by atoms with van der Waals surface area (Å²) in [6, 6.07) is 66.1. The van der Waals surface area contributed by atoms with E-state index >= 15 is 0 Å². The van der Waals surface area contributed by atoms with Crippen LogP contribution in [-0.2, 0) is 0 Å². The first kappa shape index (κ1) is 31.8. The van der Waals surface area contributed by atoms with Crippen molar-refractivity contribution in [1.29, 1.82) is 0 Å². The molecule has 0 unspecified atom stereocenters. The number of hydrogen-bond donors (Lipinski definition) is 0. The Hall–Kier alpha value is -6.90. The molecule has 10 rings (SSSR count). The van der Waals surface area contributed by atoms with Crippen LogP contribution in [0.2, 0.25) is 0 Å². The lowest BCUT2D eigenvalue weighted by Crippen LogP contribution is -1.99. The summed E-state index contributed by atoms with van der Waals surface area (Å²) in [4.78, 5) is 0. The van der Waals surface area contributed by atoms with Crippen molar-refractivity contribution in [1.82, 2.24) is 9.13 Å². The summed E-state index contributed by atoms with van der Waals surface area (Å²) in [6.45, 7) is 4.46. The van der Waals surface area contributed by atoms with Gasteiger partial charge in [-0.1, -0.05) is 146 Å². The van der Waals surface area contributed by atoms with E-state index in [4.69, 9.17) is 0 Å². The second kappa shape index (κ2) is 12.9. The molecule has 0 atom stereocenters. The highest BCUT2D eigenvalue weighted by Gasteiger charge is 2.16. The smallest absolute Gasteiger partial charge is 0.0541 e. The van der Waals surface area contributed by atoms with Gasteiger partial charge in [-0.05, 0) is 107 Å². The van der Waals surface area contributed by atoms with Crippen LogP contribution in [0.4, 0.5) is 0 Å². The van der Waals surface area contributed by atoms with E-state index in [1.54, 1.807) is 0 Å². The third-order valence-corrected chi connectivity index (χ3v) is 11.0. The maximum Gasteiger partial charge on any atom is 0.0541 e. The Labute approximate surface area is 315 Å². The molecule has 0 radical (unpaired) electrons. The van der Waals surface area contributed by atoms with E-state index in [2.05, 4.69) is 217 Å². The van der Waals surface area contributed by atoms with Crippen LogP contribution in [0.3, 0.4) is 0 Å². The number of nitrogens with zero attached hydrogens (tertiary/aromatic N) is 2. The van der Waals surface area contributed by atoms with Crippen molar-refractivity contribution in [2.45, 2.75) is 13.8 Å². The largest absolute Gasteiger partial charge is 0.309 e. The molecule has 0 bridgehead atoms. The number of aromatic nitrogens is 2. The lowest BCUT2D eigenvalue weighted by atomic mass is 9.96. The van der Waals surface area contributed by atoms with Gasteiger partial charge >= 0.3 is 0 Å². The Morgan fingerprint density at radius 2 is 0.815 bits per heavy atom. The first-order chi connectivity index (χ1) is 26.6. The van der Waals surface area contributed by atoms with E-state index in [0.717, 1.165) is 0 Å². The van der Waals surface area contributed by atoms with Crippen LogP contribution in [0, 0.1) is 13.8 Å². The summed E-state index contributed by atoms with van der Waals surface area (Å²) >= 11 is 0. The van der Waals surface area contributed by atoms with Gasteiger partial charge in [-0.25, -0.2) is 0 Å². The van der Waals surface area contributed by atoms with Gasteiger partial charge in [0.1, 0.15) is 0 Å². The second-order valence-corrected chi connectivity index (χ2v) is 14.3. The van der Waals surface area contributed by atoms with Gasteiger partial charge in [0.2, 0.25) is 0 Å². The van der Waals surface area contributed by atoms with Gasteiger partial charge in [0, 0.05) is 32.9 Å². The average molecular weight is 691 g/mol. The van der Waals surface area contributed by atoms with E-state index in [1.165, 1.54) is 99.5 Å². The van der Waals surface area contributed by atoms with E-state index in [0.29, 0.717) is 0 Å². The predicted octanol–water partition coefficient (Wildman–Crippen LogP) is 14.0. The molecule has 256 valence electrons. The third kappa shape index (κ3) is 5.35. The Morgan fingerprint density at radius 3 is 1.33 bits per heavy atom. The Kier molecular flexibility index (Phi) is 7.63. The van der Waals surface area contributed by atoms with Gasteiger partial charge in [-0.15, -0.1) is 0 Å². The molecule has 0 fully saturated rings. The molecule has 0 spiro atoms. The second-order valence-electron chi connectivity index (χ2n) is 14.3. The molecule has 54 heavy (non-hydrogen) atoms. The normalized spacial score (nSPS) is 11.8. The highest BCUT2D eigenvalue weighted by atomic mass is 15.0. The summed E-state index contributed by atoms with van der Waals surface area (Å²) in [5.74, 6) is 0. The molecule has 0 saturated heterocycles. The molecule has 2 nitrogen and oxygen atoms in total. The zero-order chi connectivity index (χ0) is 36.2. The zero-order valence-electron chi connectivity index (χ0n) is 30.4. The van der Waals surface area contributed by atoms with Gasteiger partial charge in [0.05, 0.1) is 22.1 Å². The molecular formula is C52H38N2. The first-order valence-electron chi connectivity index (χ1n) is 18.7. The topological polar surface area (TPSA) is 9.86 Å². The predicted molar refractivity (Wildman–Crippen MR) is 231 cm³/mol. The van der Waals surface area contributed by atoms with Crippen molar-refractivity contribution in [2.24, 2.45) is 0 Å². The Bertz CT molecular complexity index is 2940. The van der Waals surface area contributed by atoms with Crippen LogP contribution >= 0.6 is 0 Å². The number of para-hydroxylation sites is 4. The van der Waals surface area contributed by atoms with Crippen molar-refractivity contribution < 1.29 is 0 Å². The van der Waals surface area contributed by atoms with Crippen LogP contribution in [-0.4, -0.2) is 9.13 Å².